The van der Waals surface area contributed by atoms with Crippen molar-refractivity contribution >= 4 is 46.4 Å². The number of esters is 1. The first-order valence-electron chi connectivity index (χ1n) is 8.07. The van der Waals surface area contributed by atoms with E-state index in [2.05, 4.69) is 5.32 Å². The van der Waals surface area contributed by atoms with Crippen molar-refractivity contribution in [1.29, 1.82) is 0 Å². The van der Waals surface area contributed by atoms with E-state index in [4.69, 9.17) is 21.1 Å². The minimum atomic E-state index is -0.694. The molecule has 0 radical (unpaired) electrons. The van der Waals surface area contributed by atoms with Gasteiger partial charge in [-0.2, -0.15) is 0 Å². The molecule has 1 aromatic rings. The summed E-state index contributed by atoms with van der Waals surface area (Å²) in [5.74, 6) is -0.847. The Hall–Kier alpha value is -2.26. The van der Waals surface area contributed by atoms with Crippen LogP contribution in [0.4, 0.5) is 4.79 Å². The summed E-state index contributed by atoms with van der Waals surface area (Å²) < 4.78 is 10.3. The molecule has 1 fully saturated rings. The van der Waals surface area contributed by atoms with Gasteiger partial charge in [0.25, 0.3) is 11.1 Å². The van der Waals surface area contributed by atoms with Crippen LogP contribution in [0.3, 0.4) is 0 Å². The second-order valence-electron chi connectivity index (χ2n) is 5.77. The third-order valence-corrected chi connectivity index (χ3v) is 4.70. The molecule has 1 aliphatic heterocycles. The van der Waals surface area contributed by atoms with E-state index >= 15 is 0 Å². The van der Waals surface area contributed by atoms with Crippen LogP contribution in [0, 0.1) is 13.8 Å². The van der Waals surface area contributed by atoms with E-state index in [0.29, 0.717) is 10.8 Å². The third-order valence-electron chi connectivity index (χ3n) is 3.62. The van der Waals surface area contributed by atoms with Gasteiger partial charge in [-0.05, 0) is 37.1 Å². The zero-order valence-electron chi connectivity index (χ0n) is 14.9. The zero-order valence-corrected chi connectivity index (χ0v) is 16.4. The van der Waals surface area contributed by atoms with Crippen LogP contribution in [-0.4, -0.2) is 60.0 Å². The summed E-state index contributed by atoms with van der Waals surface area (Å²) in [5, 5.41) is 2.73. The van der Waals surface area contributed by atoms with E-state index in [9.17, 15) is 19.2 Å². The number of halogens is 1. The summed E-state index contributed by atoms with van der Waals surface area (Å²) in [7, 11) is 0. The summed E-state index contributed by atoms with van der Waals surface area (Å²) in [6, 6.07) is 3.44. The monoisotopic (exact) mass is 414 g/mol. The molecule has 8 nitrogen and oxygen atoms in total. The topological polar surface area (TPSA) is 102 Å². The average Bonchev–Trinajstić information content (AvgIpc) is 2.91. The molecule has 27 heavy (non-hydrogen) atoms. The number of rotatable bonds is 8. The van der Waals surface area contributed by atoms with Gasteiger partial charge in [-0.25, -0.2) is 4.79 Å². The SMILES string of the molecule is Cc1cc(Cl)cc(C)c1OCC(=O)OCC(=O)NCCN1C(=O)CSC1=O. The van der Waals surface area contributed by atoms with Gasteiger partial charge >= 0.3 is 5.97 Å². The Morgan fingerprint density at radius 1 is 1.22 bits per heavy atom. The fourth-order valence-electron chi connectivity index (χ4n) is 2.40. The highest BCUT2D eigenvalue weighted by atomic mass is 35.5. The third kappa shape index (κ3) is 6.14. The number of nitrogens with zero attached hydrogens (tertiary/aromatic N) is 1. The highest BCUT2D eigenvalue weighted by molar-refractivity contribution is 8.14. The maximum atomic E-state index is 11.7. The van der Waals surface area contributed by atoms with Crippen LogP contribution in [0.1, 0.15) is 11.1 Å². The Labute approximate surface area is 165 Å². The Morgan fingerprint density at radius 2 is 1.89 bits per heavy atom. The first-order valence-corrected chi connectivity index (χ1v) is 9.43. The standard InChI is InChI=1S/C17H19ClN2O6S/c1-10-5-12(18)6-11(2)16(10)26-8-15(23)25-7-13(21)19-3-4-20-14(22)9-27-17(20)24/h5-6H,3-4,7-9H2,1-2H3,(H,19,21). The summed E-state index contributed by atoms with van der Waals surface area (Å²) >= 11 is 6.86. The number of aryl methyl sites for hydroxylation is 2. The van der Waals surface area contributed by atoms with Crippen LogP contribution in [-0.2, 0) is 19.1 Å². The van der Waals surface area contributed by atoms with Gasteiger partial charge in [-0.1, -0.05) is 23.4 Å². The molecule has 0 spiro atoms. The summed E-state index contributed by atoms with van der Waals surface area (Å²) in [6.45, 7) is 2.97. The van der Waals surface area contributed by atoms with Crippen LogP contribution in [0.25, 0.3) is 0 Å². The van der Waals surface area contributed by atoms with Crippen molar-refractivity contribution in [2.45, 2.75) is 13.8 Å². The summed E-state index contributed by atoms with van der Waals surface area (Å²) in [5.41, 5.74) is 1.57. The van der Waals surface area contributed by atoms with Crippen LogP contribution in [0.5, 0.6) is 5.75 Å². The molecule has 1 aliphatic rings. The molecule has 1 aromatic carbocycles. The summed E-state index contributed by atoms with van der Waals surface area (Å²) in [4.78, 5) is 47.3. The number of carbonyl (C=O) groups excluding carboxylic acids is 4. The molecule has 1 heterocycles. The number of amides is 3. The van der Waals surface area contributed by atoms with E-state index in [-0.39, 0.29) is 36.6 Å². The van der Waals surface area contributed by atoms with E-state index in [1.807, 2.05) is 0 Å². The van der Waals surface area contributed by atoms with Crippen molar-refractivity contribution in [3.8, 4) is 5.75 Å². The molecule has 0 aliphatic carbocycles. The minimum Gasteiger partial charge on any atom is -0.481 e. The molecular formula is C17H19ClN2O6S. The molecule has 10 heteroatoms. The van der Waals surface area contributed by atoms with E-state index in [1.165, 1.54) is 0 Å². The van der Waals surface area contributed by atoms with Crippen molar-refractivity contribution in [2.24, 2.45) is 0 Å². The van der Waals surface area contributed by atoms with E-state index in [0.717, 1.165) is 27.8 Å². The number of hydrogen-bond donors (Lipinski definition) is 1. The molecular weight excluding hydrogens is 396 g/mol. The van der Waals surface area contributed by atoms with Crippen LogP contribution in [0.2, 0.25) is 5.02 Å². The largest absolute Gasteiger partial charge is 0.481 e. The number of nitrogens with one attached hydrogen (secondary N) is 1. The Morgan fingerprint density at radius 3 is 2.48 bits per heavy atom. The van der Waals surface area contributed by atoms with Gasteiger partial charge in [0.2, 0.25) is 5.91 Å². The van der Waals surface area contributed by atoms with Crippen LogP contribution >= 0.6 is 23.4 Å². The molecule has 1 N–H and O–H groups in total. The molecule has 146 valence electrons. The van der Waals surface area contributed by atoms with Gasteiger partial charge in [-0.15, -0.1) is 0 Å². The Balaban J connectivity index is 1.67. The number of carbonyl (C=O) groups is 4. The van der Waals surface area contributed by atoms with Gasteiger partial charge in [0.05, 0.1) is 5.75 Å². The van der Waals surface area contributed by atoms with Crippen LogP contribution in [0.15, 0.2) is 12.1 Å². The van der Waals surface area contributed by atoms with Gasteiger partial charge in [0.15, 0.2) is 13.2 Å². The first-order chi connectivity index (χ1) is 12.8. The maximum absolute atomic E-state index is 11.7. The van der Waals surface area contributed by atoms with Gasteiger partial charge < -0.3 is 14.8 Å². The molecule has 0 aromatic heterocycles. The van der Waals surface area contributed by atoms with Crippen molar-refractivity contribution in [3.05, 3.63) is 28.3 Å². The number of benzene rings is 1. The molecule has 0 unspecified atom stereocenters. The fourth-order valence-corrected chi connectivity index (χ4v) is 3.48. The molecule has 0 atom stereocenters. The molecule has 0 saturated carbocycles. The van der Waals surface area contributed by atoms with Crippen molar-refractivity contribution < 1.29 is 28.7 Å². The lowest BCUT2D eigenvalue weighted by molar-refractivity contribution is -0.150. The Bertz CT molecular complexity index is 731. The van der Waals surface area contributed by atoms with Gasteiger partial charge in [0.1, 0.15) is 5.75 Å². The maximum Gasteiger partial charge on any atom is 0.344 e. The first kappa shape index (κ1) is 21.0. The highest BCUT2D eigenvalue weighted by Crippen LogP contribution is 2.26. The highest BCUT2D eigenvalue weighted by Gasteiger charge is 2.29. The van der Waals surface area contributed by atoms with E-state index in [1.54, 1.807) is 26.0 Å². The molecule has 3 amide bonds. The fraction of sp³-hybridized carbons (Fsp3) is 0.412. The second kappa shape index (κ2) is 9.61. The predicted molar refractivity (Wildman–Crippen MR) is 100.0 cm³/mol. The lowest BCUT2D eigenvalue weighted by atomic mass is 10.1. The van der Waals surface area contributed by atoms with Crippen LogP contribution < -0.4 is 10.1 Å². The number of ether oxygens (including phenoxy) is 2. The number of thioether (sulfide) groups is 1. The lowest BCUT2D eigenvalue weighted by Gasteiger charge is -2.14. The smallest absolute Gasteiger partial charge is 0.344 e. The predicted octanol–water partition coefficient (Wildman–Crippen LogP) is 1.69. The lowest BCUT2D eigenvalue weighted by Crippen LogP contribution is -2.39. The normalized spacial score (nSPS) is 13.7. The second-order valence-corrected chi connectivity index (χ2v) is 7.13. The van der Waals surface area contributed by atoms with Gasteiger partial charge in [-0.3, -0.25) is 19.3 Å². The molecule has 1 saturated heterocycles. The number of imide groups is 1. The number of hydrogen-bond acceptors (Lipinski definition) is 7. The van der Waals surface area contributed by atoms with E-state index < -0.39 is 18.5 Å². The van der Waals surface area contributed by atoms with Crippen molar-refractivity contribution in [3.63, 3.8) is 0 Å². The zero-order chi connectivity index (χ0) is 20.0. The average molecular weight is 415 g/mol. The summed E-state index contributed by atoms with van der Waals surface area (Å²) in [6.07, 6.45) is 0. The van der Waals surface area contributed by atoms with Crippen molar-refractivity contribution in [1.82, 2.24) is 10.2 Å². The molecule has 0 bridgehead atoms. The minimum absolute atomic E-state index is 0.0859. The van der Waals surface area contributed by atoms with Crippen molar-refractivity contribution in [2.75, 3.05) is 32.1 Å². The quantitative estimate of drug-likeness (QED) is 0.646. The molecule has 2 rings (SSSR count). The Kier molecular flexibility index (Phi) is 7.49. The van der Waals surface area contributed by atoms with Gasteiger partial charge in [0, 0.05) is 18.1 Å².